The molecule has 2 aromatic carbocycles. The molecule has 2 aliphatic rings. The van der Waals surface area contributed by atoms with Crippen LogP contribution in [0.15, 0.2) is 60.9 Å². The van der Waals surface area contributed by atoms with E-state index in [2.05, 4.69) is 41.1 Å². The topological polar surface area (TPSA) is 87.8 Å². The van der Waals surface area contributed by atoms with E-state index in [1.165, 1.54) is 5.56 Å². The molecule has 0 unspecified atom stereocenters. The number of aromatic nitrogens is 2. The van der Waals surface area contributed by atoms with Crippen LogP contribution in [0.4, 0.5) is 0 Å². The minimum absolute atomic E-state index is 0.147. The van der Waals surface area contributed by atoms with Gasteiger partial charge < -0.3 is 24.4 Å². The Morgan fingerprint density at radius 1 is 1.08 bits per heavy atom. The van der Waals surface area contributed by atoms with E-state index in [0.717, 1.165) is 42.6 Å². The maximum Gasteiger partial charge on any atom is 0.225 e. The summed E-state index contributed by atoms with van der Waals surface area (Å²) in [6, 6.07) is 16.2. The number of imidazole rings is 1. The molecule has 1 saturated carbocycles. The van der Waals surface area contributed by atoms with Crippen molar-refractivity contribution >= 4 is 5.91 Å². The van der Waals surface area contributed by atoms with Gasteiger partial charge in [-0.15, -0.1) is 0 Å². The van der Waals surface area contributed by atoms with E-state index in [4.69, 9.17) is 4.74 Å². The van der Waals surface area contributed by atoms with Crippen LogP contribution in [0.3, 0.4) is 0 Å². The molecule has 37 heavy (non-hydrogen) atoms. The van der Waals surface area contributed by atoms with Gasteiger partial charge in [0.1, 0.15) is 18.0 Å². The Balaban J connectivity index is 1.19. The number of hydrogen-bond acceptors (Lipinski definition) is 5. The van der Waals surface area contributed by atoms with E-state index in [9.17, 15) is 15.0 Å². The molecule has 1 saturated heterocycles. The molecule has 192 valence electrons. The van der Waals surface area contributed by atoms with E-state index >= 15 is 0 Å². The molecule has 3 aromatic rings. The molecule has 1 aliphatic heterocycles. The van der Waals surface area contributed by atoms with Crippen LogP contribution in [0.1, 0.15) is 54.8 Å². The van der Waals surface area contributed by atoms with Gasteiger partial charge in [0.25, 0.3) is 0 Å². The largest absolute Gasteiger partial charge is 0.393 e. The molecular formula is C30H33N3O4. The van der Waals surface area contributed by atoms with Gasteiger partial charge in [0.15, 0.2) is 0 Å². The molecule has 2 N–H and O–H groups in total. The molecule has 7 heteroatoms. The molecule has 1 aromatic heterocycles. The number of nitrogens with zero attached hydrogens (tertiary/aromatic N) is 3. The summed E-state index contributed by atoms with van der Waals surface area (Å²) in [6.45, 7) is 4.21. The Hall–Kier alpha value is -3.44. The number of aliphatic hydroxyl groups excluding tert-OH is 2. The summed E-state index contributed by atoms with van der Waals surface area (Å²) in [5, 5.41) is 19.7. The summed E-state index contributed by atoms with van der Waals surface area (Å²) in [4.78, 5) is 18.8. The fourth-order valence-corrected chi connectivity index (χ4v) is 5.11. The van der Waals surface area contributed by atoms with E-state index in [1.807, 2.05) is 29.2 Å². The zero-order chi connectivity index (χ0) is 25.8. The Morgan fingerprint density at radius 3 is 2.35 bits per heavy atom. The minimum atomic E-state index is -0.736. The zero-order valence-electron chi connectivity index (χ0n) is 21.1. The standard InChI is InChI=1S/C30H33N3O4/c1-21(35)29-31-12-13-33(29)28(20-34)11-4-22-2-5-23(6-3-22)24-7-9-25(10-8-24)26-18-27(19-26)30(36)32-14-16-37-17-15-32/h2-3,5-10,12-13,21,26-28,34-35H,14-20H2,1H3/t21-,26?,27?,28-/m0/s1. The second-order valence-corrected chi connectivity index (χ2v) is 9.84. The smallest absolute Gasteiger partial charge is 0.225 e. The number of carbonyl (C=O) groups is 1. The van der Waals surface area contributed by atoms with Gasteiger partial charge in [-0.05, 0) is 54.5 Å². The SMILES string of the molecule is C[C@H](O)c1nccn1[C@@H](C#Cc1ccc(-c2ccc(C3CC(C(=O)N4CCOCC4)C3)cc2)cc1)CO. The monoisotopic (exact) mass is 499 g/mol. The molecule has 0 radical (unpaired) electrons. The highest BCUT2D eigenvalue weighted by molar-refractivity contribution is 5.80. The van der Waals surface area contributed by atoms with E-state index in [0.29, 0.717) is 25.0 Å². The van der Waals surface area contributed by atoms with Crippen molar-refractivity contribution in [2.24, 2.45) is 5.92 Å². The van der Waals surface area contributed by atoms with Gasteiger partial charge >= 0.3 is 0 Å². The predicted molar refractivity (Wildman–Crippen MR) is 141 cm³/mol. The van der Waals surface area contributed by atoms with Crippen molar-refractivity contribution in [3.05, 3.63) is 77.9 Å². The van der Waals surface area contributed by atoms with Crippen molar-refractivity contribution < 1.29 is 19.7 Å². The first kappa shape index (κ1) is 25.2. The van der Waals surface area contributed by atoms with Gasteiger partial charge in [0, 0.05) is 37.0 Å². The highest BCUT2D eigenvalue weighted by atomic mass is 16.5. The summed E-state index contributed by atoms with van der Waals surface area (Å²) in [7, 11) is 0. The van der Waals surface area contributed by atoms with Crippen molar-refractivity contribution in [1.29, 1.82) is 0 Å². The number of rotatable bonds is 6. The average molecular weight is 500 g/mol. The van der Waals surface area contributed by atoms with Crippen LogP contribution >= 0.6 is 0 Å². The number of morpholine rings is 1. The summed E-state index contributed by atoms with van der Waals surface area (Å²) in [6.07, 6.45) is 4.43. The van der Waals surface area contributed by atoms with Crippen molar-refractivity contribution in [2.45, 2.75) is 37.8 Å². The fraction of sp³-hybridized carbons (Fsp3) is 0.400. The van der Waals surface area contributed by atoms with Crippen molar-refractivity contribution in [1.82, 2.24) is 14.5 Å². The first-order valence-electron chi connectivity index (χ1n) is 12.9. The van der Waals surface area contributed by atoms with Gasteiger partial charge in [-0.25, -0.2) is 4.98 Å². The highest BCUT2D eigenvalue weighted by Crippen LogP contribution is 2.43. The van der Waals surface area contributed by atoms with Crippen molar-refractivity contribution in [2.75, 3.05) is 32.9 Å². The van der Waals surface area contributed by atoms with Crippen LogP contribution in [-0.2, 0) is 9.53 Å². The summed E-state index contributed by atoms with van der Waals surface area (Å²) < 4.78 is 7.06. The third kappa shape index (κ3) is 5.62. The van der Waals surface area contributed by atoms with Crippen LogP contribution in [0.5, 0.6) is 0 Å². The minimum Gasteiger partial charge on any atom is -0.393 e. The van der Waals surface area contributed by atoms with Gasteiger partial charge in [0.05, 0.1) is 19.8 Å². The first-order chi connectivity index (χ1) is 18.0. The lowest BCUT2D eigenvalue weighted by Gasteiger charge is -2.39. The van der Waals surface area contributed by atoms with Crippen LogP contribution in [-0.4, -0.2) is 63.5 Å². The third-order valence-electron chi connectivity index (χ3n) is 7.37. The fourth-order valence-electron chi connectivity index (χ4n) is 5.11. The van der Waals surface area contributed by atoms with E-state index in [1.54, 1.807) is 23.9 Å². The maximum absolute atomic E-state index is 12.7. The molecule has 1 amide bonds. The normalized spacial score (nSPS) is 20.9. The van der Waals surface area contributed by atoms with Gasteiger partial charge in [0.2, 0.25) is 5.91 Å². The van der Waals surface area contributed by atoms with Crippen LogP contribution < -0.4 is 0 Å². The van der Waals surface area contributed by atoms with E-state index in [-0.39, 0.29) is 18.4 Å². The lowest BCUT2D eigenvalue weighted by molar-refractivity contribution is -0.142. The number of ether oxygens (including phenoxy) is 1. The van der Waals surface area contributed by atoms with Gasteiger partial charge in [-0.3, -0.25) is 4.79 Å². The van der Waals surface area contributed by atoms with Crippen LogP contribution in [0.2, 0.25) is 0 Å². The Kier molecular flexibility index (Phi) is 7.71. The van der Waals surface area contributed by atoms with Gasteiger partial charge in [-0.1, -0.05) is 48.2 Å². The summed E-state index contributed by atoms with van der Waals surface area (Å²) in [5.74, 6) is 7.58. The third-order valence-corrected chi connectivity index (χ3v) is 7.37. The number of aliphatic hydroxyl groups is 2. The second kappa shape index (κ2) is 11.3. The number of amides is 1. The summed E-state index contributed by atoms with van der Waals surface area (Å²) >= 11 is 0. The Labute approximate surface area is 217 Å². The number of benzene rings is 2. The Bertz CT molecular complexity index is 1260. The number of hydrogen-bond donors (Lipinski definition) is 2. The molecule has 2 heterocycles. The van der Waals surface area contributed by atoms with Crippen molar-refractivity contribution in [3.63, 3.8) is 0 Å². The molecule has 7 nitrogen and oxygen atoms in total. The van der Waals surface area contributed by atoms with Crippen LogP contribution in [0, 0.1) is 17.8 Å². The molecule has 0 bridgehead atoms. The molecule has 0 spiro atoms. The first-order valence-corrected chi connectivity index (χ1v) is 12.9. The lowest BCUT2D eigenvalue weighted by Crippen LogP contribution is -2.46. The highest BCUT2D eigenvalue weighted by Gasteiger charge is 2.37. The zero-order valence-corrected chi connectivity index (χ0v) is 21.1. The van der Waals surface area contributed by atoms with Crippen molar-refractivity contribution in [3.8, 4) is 23.0 Å². The van der Waals surface area contributed by atoms with E-state index < -0.39 is 12.1 Å². The molecule has 2 fully saturated rings. The molecule has 5 rings (SSSR count). The Morgan fingerprint density at radius 2 is 1.73 bits per heavy atom. The molecule has 1 aliphatic carbocycles. The molecule has 2 atom stereocenters. The lowest BCUT2D eigenvalue weighted by atomic mass is 9.70. The maximum atomic E-state index is 12.7. The van der Waals surface area contributed by atoms with Crippen LogP contribution in [0.25, 0.3) is 11.1 Å². The average Bonchev–Trinajstić information content (AvgIpc) is 3.40. The molecular weight excluding hydrogens is 466 g/mol. The quantitative estimate of drug-likeness (QED) is 0.507. The number of carbonyl (C=O) groups excluding carboxylic acids is 1. The predicted octanol–water partition coefficient (Wildman–Crippen LogP) is 3.54. The second-order valence-electron chi connectivity index (χ2n) is 9.84. The summed E-state index contributed by atoms with van der Waals surface area (Å²) in [5.41, 5.74) is 4.39. The van der Waals surface area contributed by atoms with Gasteiger partial charge in [-0.2, -0.15) is 0 Å².